The molecule has 0 N–H and O–H groups in total. The SMILES string of the molecule is CCC.O=C(C1=C[CH]1)c1cncc(Cc2ccc(Cn3cccn3)cc2)c1. The van der Waals surface area contributed by atoms with Crippen molar-refractivity contribution < 1.29 is 4.79 Å². The maximum absolute atomic E-state index is 12.1. The Balaban J connectivity index is 0.000000659. The quantitative estimate of drug-likeness (QED) is 0.602. The first-order valence-electron chi connectivity index (χ1n) is 9.28. The number of pyridine rings is 1. The molecule has 0 bridgehead atoms. The minimum Gasteiger partial charge on any atom is -0.289 e. The Hall–Kier alpha value is -3.01. The van der Waals surface area contributed by atoms with Gasteiger partial charge in [-0.3, -0.25) is 14.5 Å². The molecule has 1 aliphatic carbocycles. The summed E-state index contributed by atoms with van der Waals surface area (Å²) in [6.45, 7) is 5.02. The molecule has 0 saturated carbocycles. The second-order valence-corrected chi connectivity index (χ2v) is 6.60. The van der Waals surface area contributed by atoms with Gasteiger partial charge in [-0.15, -0.1) is 0 Å². The molecule has 0 spiro atoms. The van der Waals surface area contributed by atoms with E-state index in [2.05, 4.69) is 48.2 Å². The molecule has 0 aliphatic heterocycles. The van der Waals surface area contributed by atoms with Crippen molar-refractivity contribution in [3.8, 4) is 0 Å². The Labute approximate surface area is 160 Å². The number of rotatable bonds is 6. The molecule has 4 nitrogen and oxygen atoms in total. The van der Waals surface area contributed by atoms with Gasteiger partial charge in [-0.2, -0.15) is 5.10 Å². The van der Waals surface area contributed by atoms with E-state index in [1.807, 2.05) is 41.7 Å². The van der Waals surface area contributed by atoms with Gasteiger partial charge in [0.05, 0.1) is 6.54 Å². The van der Waals surface area contributed by atoms with Gasteiger partial charge in [0.15, 0.2) is 5.78 Å². The maximum Gasteiger partial charge on any atom is 0.190 e. The van der Waals surface area contributed by atoms with Gasteiger partial charge in [0.25, 0.3) is 0 Å². The van der Waals surface area contributed by atoms with E-state index in [0.29, 0.717) is 5.56 Å². The van der Waals surface area contributed by atoms with Crippen molar-refractivity contribution in [3.05, 3.63) is 102 Å². The van der Waals surface area contributed by atoms with Crippen molar-refractivity contribution in [3.63, 3.8) is 0 Å². The molecule has 0 unspecified atom stereocenters. The van der Waals surface area contributed by atoms with Crippen molar-refractivity contribution in [2.45, 2.75) is 33.2 Å². The highest BCUT2D eigenvalue weighted by atomic mass is 16.1. The lowest BCUT2D eigenvalue weighted by molar-refractivity contribution is 0.104. The Morgan fingerprint density at radius 3 is 2.37 bits per heavy atom. The van der Waals surface area contributed by atoms with Crippen LogP contribution in [0.15, 0.2) is 72.8 Å². The first-order chi connectivity index (χ1) is 13.2. The maximum atomic E-state index is 12.1. The highest BCUT2D eigenvalue weighted by Crippen LogP contribution is 2.22. The van der Waals surface area contributed by atoms with Gasteiger partial charge >= 0.3 is 0 Å². The summed E-state index contributed by atoms with van der Waals surface area (Å²) in [7, 11) is 0. The fourth-order valence-corrected chi connectivity index (χ4v) is 2.65. The smallest absolute Gasteiger partial charge is 0.190 e. The number of carbonyl (C=O) groups is 1. The summed E-state index contributed by atoms with van der Waals surface area (Å²) in [6.07, 6.45) is 12.9. The number of carbonyl (C=O) groups excluding carboxylic acids is 1. The fraction of sp³-hybridized carbons (Fsp3) is 0.217. The normalized spacial score (nSPS) is 12.0. The third-order valence-electron chi connectivity index (χ3n) is 3.99. The second kappa shape index (κ2) is 9.08. The van der Waals surface area contributed by atoms with Crippen LogP contribution in [0.25, 0.3) is 0 Å². The molecule has 137 valence electrons. The van der Waals surface area contributed by atoms with Gasteiger partial charge in [-0.25, -0.2) is 0 Å². The van der Waals surface area contributed by atoms with E-state index in [1.54, 1.807) is 12.4 Å². The van der Waals surface area contributed by atoms with Gasteiger partial charge in [-0.05, 0) is 35.2 Å². The van der Waals surface area contributed by atoms with Crippen LogP contribution < -0.4 is 0 Å². The predicted octanol–water partition coefficient (Wildman–Crippen LogP) is 4.66. The molecule has 0 amide bonds. The zero-order valence-corrected chi connectivity index (χ0v) is 15.8. The molecule has 27 heavy (non-hydrogen) atoms. The highest BCUT2D eigenvalue weighted by Gasteiger charge is 2.19. The van der Waals surface area contributed by atoms with E-state index >= 15 is 0 Å². The molecule has 1 aliphatic rings. The van der Waals surface area contributed by atoms with Gasteiger partial charge in [-0.1, -0.05) is 50.6 Å². The minimum absolute atomic E-state index is 0.0546. The number of benzene rings is 1. The van der Waals surface area contributed by atoms with E-state index in [0.717, 1.165) is 24.1 Å². The standard InChI is InChI=1S/C20H16N3O.C3H8/c24-20(18-6-7-18)19-11-17(12-21-13-19)10-15-2-4-16(5-3-15)14-23-9-1-8-22-23;1-3-2/h1-9,11-13H,10,14H2;3H2,1-2H3. The summed E-state index contributed by atoms with van der Waals surface area (Å²) in [5, 5.41) is 4.22. The molecule has 1 aromatic carbocycles. The third kappa shape index (κ3) is 5.48. The average Bonchev–Trinajstić information content (AvgIpc) is 3.41. The molecule has 2 aromatic heterocycles. The van der Waals surface area contributed by atoms with Crippen molar-refractivity contribution >= 4 is 5.78 Å². The van der Waals surface area contributed by atoms with Crippen LogP contribution in [0.4, 0.5) is 0 Å². The monoisotopic (exact) mass is 358 g/mol. The number of allylic oxidation sites excluding steroid dienone is 2. The lowest BCUT2D eigenvalue weighted by Crippen LogP contribution is -2.01. The van der Waals surface area contributed by atoms with Crippen molar-refractivity contribution in [1.29, 1.82) is 0 Å². The molecule has 3 aromatic rings. The van der Waals surface area contributed by atoms with E-state index in [-0.39, 0.29) is 5.78 Å². The molecule has 1 radical (unpaired) electrons. The van der Waals surface area contributed by atoms with Gasteiger partial charge in [0, 0.05) is 42.3 Å². The second-order valence-electron chi connectivity index (χ2n) is 6.60. The molecule has 0 atom stereocenters. The van der Waals surface area contributed by atoms with Crippen LogP contribution in [0, 0.1) is 6.42 Å². The molecule has 4 heteroatoms. The van der Waals surface area contributed by atoms with Crippen molar-refractivity contribution in [2.75, 3.05) is 0 Å². The number of aromatic nitrogens is 3. The molecular weight excluding hydrogens is 334 g/mol. The van der Waals surface area contributed by atoms with Crippen LogP contribution in [-0.4, -0.2) is 20.5 Å². The summed E-state index contributed by atoms with van der Waals surface area (Å²) in [5.74, 6) is 0.0546. The number of hydrogen-bond donors (Lipinski definition) is 0. The zero-order valence-electron chi connectivity index (χ0n) is 15.8. The summed E-state index contributed by atoms with van der Waals surface area (Å²) >= 11 is 0. The summed E-state index contributed by atoms with van der Waals surface area (Å²) in [6, 6.07) is 12.3. The van der Waals surface area contributed by atoms with Crippen LogP contribution in [0.1, 0.15) is 47.3 Å². The molecular formula is C23H24N3O. The molecule has 4 rings (SSSR count). The van der Waals surface area contributed by atoms with Gasteiger partial charge in [0.1, 0.15) is 0 Å². The number of hydrogen-bond acceptors (Lipinski definition) is 3. The Kier molecular flexibility index (Phi) is 6.31. The summed E-state index contributed by atoms with van der Waals surface area (Å²) in [5.41, 5.74) is 4.88. The topological polar surface area (TPSA) is 47.8 Å². The van der Waals surface area contributed by atoms with Crippen LogP contribution in [-0.2, 0) is 13.0 Å². The number of nitrogens with zero attached hydrogens (tertiary/aromatic N) is 3. The van der Waals surface area contributed by atoms with E-state index in [4.69, 9.17) is 0 Å². The largest absolute Gasteiger partial charge is 0.289 e. The van der Waals surface area contributed by atoms with Crippen LogP contribution in [0.2, 0.25) is 0 Å². The van der Waals surface area contributed by atoms with Crippen molar-refractivity contribution in [2.24, 2.45) is 0 Å². The predicted molar refractivity (Wildman–Crippen MR) is 107 cm³/mol. The summed E-state index contributed by atoms with van der Waals surface area (Å²) in [4.78, 5) is 16.3. The third-order valence-corrected chi connectivity index (χ3v) is 3.99. The van der Waals surface area contributed by atoms with Crippen molar-refractivity contribution in [1.82, 2.24) is 14.8 Å². The van der Waals surface area contributed by atoms with Crippen LogP contribution in [0.3, 0.4) is 0 Å². The number of ketones is 1. The van der Waals surface area contributed by atoms with Gasteiger partial charge in [0.2, 0.25) is 0 Å². The minimum atomic E-state index is 0.0546. The van der Waals surface area contributed by atoms with E-state index < -0.39 is 0 Å². The Morgan fingerprint density at radius 2 is 1.74 bits per heavy atom. The Morgan fingerprint density at radius 1 is 1.04 bits per heavy atom. The Bertz CT molecular complexity index is 909. The van der Waals surface area contributed by atoms with E-state index in [1.165, 1.54) is 17.5 Å². The summed E-state index contributed by atoms with van der Waals surface area (Å²) < 4.78 is 1.90. The first-order valence-corrected chi connectivity index (χ1v) is 9.28. The van der Waals surface area contributed by atoms with Gasteiger partial charge < -0.3 is 0 Å². The molecule has 0 fully saturated rings. The fourth-order valence-electron chi connectivity index (χ4n) is 2.65. The lowest BCUT2D eigenvalue weighted by atomic mass is 10.0. The van der Waals surface area contributed by atoms with Crippen LogP contribution in [0.5, 0.6) is 0 Å². The number of Topliss-reactive ketones (excluding diaryl/α,β-unsaturated/α-hetero) is 1. The van der Waals surface area contributed by atoms with E-state index in [9.17, 15) is 4.79 Å². The molecule has 2 heterocycles. The first kappa shape index (κ1) is 18.8. The van der Waals surface area contributed by atoms with Crippen LogP contribution >= 0.6 is 0 Å². The molecule has 0 saturated heterocycles. The average molecular weight is 358 g/mol. The highest BCUT2D eigenvalue weighted by molar-refractivity contribution is 6.13. The lowest BCUT2D eigenvalue weighted by Gasteiger charge is -2.06. The zero-order chi connectivity index (χ0) is 19.1.